The van der Waals surface area contributed by atoms with Gasteiger partial charge in [0.2, 0.25) is 0 Å². The monoisotopic (exact) mass is 215 g/mol. The number of hydrogen-bond donors (Lipinski definition) is 1. The predicted molar refractivity (Wildman–Crippen MR) is 61.9 cm³/mol. The van der Waals surface area contributed by atoms with E-state index in [0.717, 1.165) is 26.1 Å². The highest BCUT2D eigenvalue weighted by Gasteiger charge is 2.34. The highest BCUT2D eigenvalue weighted by molar-refractivity contribution is 4.85. The molecule has 1 aliphatic rings. The first kappa shape index (κ1) is 12.9. The van der Waals surface area contributed by atoms with Gasteiger partial charge in [0.15, 0.2) is 0 Å². The molecule has 2 unspecified atom stereocenters. The zero-order valence-corrected chi connectivity index (χ0v) is 10.5. The minimum Gasteiger partial charge on any atom is -0.393 e. The van der Waals surface area contributed by atoms with Crippen molar-refractivity contribution >= 4 is 0 Å². The van der Waals surface area contributed by atoms with Gasteiger partial charge in [0.05, 0.1) is 18.3 Å². The Morgan fingerprint density at radius 3 is 2.40 bits per heavy atom. The molecule has 0 bridgehead atoms. The van der Waals surface area contributed by atoms with Gasteiger partial charge in [-0.3, -0.25) is 0 Å². The molecule has 1 saturated heterocycles. The van der Waals surface area contributed by atoms with Gasteiger partial charge in [0.1, 0.15) is 0 Å². The average Bonchev–Trinajstić information content (AvgIpc) is 2.16. The molecule has 0 saturated carbocycles. The molecular weight excluding hydrogens is 190 g/mol. The maximum atomic E-state index is 10.0. The van der Waals surface area contributed by atoms with Gasteiger partial charge in [0.25, 0.3) is 0 Å². The Kier molecular flexibility index (Phi) is 4.56. The van der Waals surface area contributed by atoms with E-state index in [0.29, 0.717) is 6.61 Å². The van der Waals surface area contributed by atoms with E-state index < -0.39 is 0 Å². The quantitative estimate of drug-likeness (QED) is 0.771. The molecule has 0 radical (unpaired) electrons. The van der Waals surface area contributed by atoms with Crippen molar-refractivity contribution in [2.45, 2.75) is 45.8 Å². The molecule has 1 heterocycles. The summed E-state index contributed by atoms with van der Waals surface area (Å²) in [4.78, 5) is 2.34. The summed E-state index contributed by atoms with van der Waals surface area (Å²) in [7, 11) is 0. The number of ether oxygens (including phenoxy) is 1. The molecule has 0 aromatic heterocycles. The summed E-state index contributed by atoms with van der Waals surface area (Å²) >= 11 is 0. The van der Waals surface area contributed by atoms with E-state index >= 15 is 0 Å². The third kappa shape index (κ3) is 3.74. The molecule has 1 N–H and O–H groups in total. The van der Waals surface area contributed by atoms with Crippen LogP contribution in [0.5, 0.6) is 0 Å². The molecule has 0 amide bonds. The Bertz CT molecular complexity index is 190. The highest BCUT2D eigenvalue weighted by atomic mass is 16.5. The van der Waals surface area contributed by atoms with Crippen molar-refractivity contribution in [2.75, 3.05) is 26.2 Å². The molecule has 0 aromatic carbocycles. The largest absolute Gasteiger partial charge is 0.393 e. The van der Waals surface area contributed by atoms with E-state index in [1.165, 1.54) is 0 Å². The number of aliphatic hydroxyl groups excluding tert-OH is 1. The average molecular weight is 215 g/mol. The standard InChI is InChI=1S/C12H25NO2/c1-5-13(6-2)8-10-9-15-12(3,4)7-11(10)14/h10-11,14H,5-9H2,1-4H3. The zero-order chi connectivity index (χ0) is 11.5. The number of aliphatic hydroxyl groups is 1. The first-order valence-corrected chi connectivity index (χ1v) is 6.03. The molecule has 1 rings (SSSR count). The summed E-state index contributed by atoms with van der Waals surface area (Å²) in [5.41, 5.74) is -0.154. The minimum absolute atomic E-state index is 0.154. The first-order valence-electron chi connectivity index (χ1n) is 6.03. The molecule has 3 heteroatoms. The van der Waals surface area contributed by atoms with Crippen molar-refractivity contribution in [2.24, 2.45) is 5.92 Å². The molecule has 3 nitrogen and oxygen atoms in total. The van der Waals surface area contributed by atoms with Crippen LogP contribution in [0.1, 0.15) is 34.1 Å². The van der Waals surface area contributed by atoms with Crippen LogP contribution in [0.15, 0.2) is 0 Å². The van der Waals surface area contributed by atoms with Crippen LogP contribution in [-0.2, 0) is 4.74 Å². The Labute approximate surface area is 93.4 Å². The van der Waals surface area contributed by atoms with E-state index in [1.54, 1.807) is 0 Å². The van der Waals surface area contributed by atoms with Crippen LogP contribution in [0.3, 0.4) is 0 Å². The van der Waals surface area contributed by atoms with Crippen LogP contribution in [0, 0.1) is 5.92 Å². The van der Waals surface area contributed by atoms with Gasteiger partial charge in [-0.25, -0.2) is 0 Å². The van der Waals surface area contributed by atoms with E-state index in [-0.39, 0.29) is 17.6 Å². The SMILES string of the molecule is CCN(CC)CC1COC(C)(C)CC1O. The first-order chi connectivity index (χ1) is 6.98. The lowest BCUT2D eigenvalue weighted by Gasteiger charge is -2.40. The van der Waals surface area contributed by atoms with Crippen LogP contribution >= 0.6 is 0 Å². The van der Waals surface area contributed by atoms with Gasteiger partial charge in [-0.2, -0.15) is 0 Å². The van der Waals surface area contributed by atoms with Crippen LogP contribution in [0.4, 0.5) is 0 Å². The van der Waals surface area contributed by atoms with E-state index in [9.17, 15) is 5.11 Å². The molecule has 1 aliphatic heterocycles. The van der Waals surface area contributed by atoms with Crippen molar-refractivity contribution in [3.05, 3.63) is 0 Å². The molecular formula is C12H25NO2. The fourth-order valence-electron chi connectivity index (χ4n) is 2.16. The lowest BCUT2D eigenvalue weighted by Crippen LogP contribution is -2.47. The third-order valence-corrected chi connectivity index (χ3v) is 3.32. The lowest BCUT2D eigenvalue weighted by molar-refractivity contribution is -0.133. The maximum absolute atomic E-state index is 10.0. The van der Waals surface area contributed by atoms with Crippen molar-refractivity contribution < 1.29 is 9.84 Å². The molecule has 1 fully saturated rings. The van der Waals surface area contributed by atoms with Crippen molar-refractivity contribution in [1.82, 2.24) is 4.90 Å². The van der Waals surface area contributed by atoms with E-state index in [1.807, 2.05) is 13.8 Å². The fourth-order valence-corrected chi connectivity index (χ4v) is 2.16. The zero-order valence-electron chi connectivity index (χ0n) is 10.5. The number of rotatable bonds is 4. The van der Waals surface area contributed by atoms with Crippen LogP contribution in [-0.4, -0.2) is 48.0 Å². The normalized spacial score (nSPS) is 30.8. The van der Waals surface area contributed by atoms with Gasteiger partial charge < -0.3 is 14.7 Å². The Morgan fingerprint density at radius 1 is 1.33 bits per heavy atom. The summed E-state index contributed by atoms with van der Waals surface area (Å²) < 4.78 is 5.75. The molecule has 0 spiro atoms. The van der Waals surface area contributed by atoms with Gasteiger partial charge in [0, 0.05) is 18.9 Å². The number of nitrogens with zero attached hydrogens (tertiary/aromatic N) is 1. The van der Waals surface area contributed by atoms with Crippen molar-refractivity contribution in [3.63, 3.8) is 0 Å². The molecule has 90 valence electrons. The van der Waals surface area contributed by atoms with Crippen LogP contribution in [0.2, 0.25) is 0 Å². The summed E-state index contributed by atoms with van der Waals surface area (Å²) in [6.07, 6.45) is 0.535. The second-order valence-corrected chi connectivity index (χ2v) is 5.09. The minimum atomic E-state index is -0.214. The summed E-state index contributed by atoms with van der Waals surface area (Å²) in [6, 6.07) is 0. The molecule has 0 aromatic rings. The summed E-state index contributed by atoms with van der Waals surface area (Å²) in [5, 5.41) is 10.0. The van der Waals surface area contributed by atoms with E-state index in [2.05, 4.69) is 18.7 Å². The third-order valence-electron chi connectivity index (χ3n) is 3.32. The second-order valence-electron chi connectivity index (χ2n) is 5.09. The van der Waals surface area contributed by atoms with Gasteiger partial charge in [-0.1, -0.05) is 13.8 Å². The Morgan fingerprint density at radius 2 is 1.93 bits per heavy atom. The van der Waals surface area contributed by atoms with Gasteiger partial charge in [-0.05, 0) is 26.9 Å². The Balaban J connectivity index is 2.44. The topological polar surface area (TPSA) is 32.7 Å². The number of hydrogen-bond acceptors (Lipinski definition) is 3. The van der Waals surface area contributed by atoms with Crippen molar-refractivity contribution in [3.8, 4) is 0 Å². The molecule has 15 heavy (non-hydrogen) atoms. The maximum Gasteiger partial charge on any atom is 0.0651 e. The van der Waals surface area contributed by atoms with Crippen molar-refractivity contribution in [1.29, 1.82) is 0 Å². The Hall–Kier alpha value is -0.120. The lowest BCUT2D eigenvalue weighted by atomic mass is 9.88. The highest BCUT2D eigenvalue weighted by Crippen LogP contribution is 2.28. The van der Waals surface area contributed by atoms with Crippen LogP contribution < -0.4 is 0 Å². The predicted octanol–water partition coefficient (Wildman–Crippen LogP) is 1.50. The summed E-state index contributed by atoms with van der Waals surface area (Å²) in [5.74, 6) is 0.276. The van der Waals surface area contributed by atoms with Gasteiger partial charge >= 0.3 is 0 Å². The molecule has 2 atom stereocenters. The summed E-state index contributed by atoms with van der Waals surface area (Å²) in [6.45, 7) is 12.1. The smallest absolute Gasteiger partial charge is 0.0651 e. The van der Waals surface area contributed by atoms with Crippen LogP contribution in [0.25, 0.3) is 0 Å². The second kappa shape index (κ2) is 5.28. The molecule has 0 aliphatic carbocycles. The van der Waals surface area contributed by atoms with Gasteiger partial charge in [-0.15, -0.1) is 0 Å². The van der Waals surface area contributed by atoms with E-state index in [4.69, 9.17) is 4.74 Å². The fraction of sp³-hybridized carbons (Fsp3) is 1.00.